The lowest BCUT2D eigenvalue weighted by Gasteiger charge is -2.45. The van der Waals surface area contributed by atoms with Gasteiger partial charge in [0.1, 0.15) is 0 Å². The second kappa shape index (κ2) is 6.36. The summed E-state index contributed by atoms with van der Waals surface area (Å²) < 4.78 is 0. The van der Waals surface area contributed by atoms with Gasteiger partial charge in [0.25, 0.3) is 0 Å². The quantitative estimate of drug-likeness (QED) is 0.813. The molecule has 1 aromatic heterocycles. The molecule has 2 heterocycles. The van der Waals surface area contributed by atoms with Crippen LogP contribution in [0.5, 0.6) is 0 Å². The van der Waals surface area contributed by atoms with Crippen molar-refractivity contribution in [3.8, 4) is 17.2 Å². The molecule has 0 radical (unpaired) electrons. The Bertz CT molecular complexity index is 990. The third kappa shape index (κ3) is 3.01. The monoisotopic (exact) mass is 398 g/mol. The molecule has 2 fully saturated rings. The molecule has 1 saturated carbocycles. The number of hydrogen-bond acceptors (Lipinski definition) is 4. The lowest BCUT2D eigenvalue weighted by atomic mass is 9.78. The number of rotatable bonds is 3. The Morgan fingerprint density at radius 3 is 2.74 bits per heavy atom. The molecular weight excluding hydrogens is 380 g/mol. The van der Waals surface area contributed by atoms with Gasteiger partial charge in [-0.25, -0.2) is 0 Å². The van der Waals surface area contributed by atoms with Gasteiger partial charge in [0.15, 0.2) is 5.96 Å². The molecule has 1 amide bonds. The van der Waals surface area contributed by atoms with Crippen LogP contribution in [0, 0.1) is 28.6 Å². The topological polar surface area (TPSA) is 80.0 Å². The van der Waals surface area contributed by atoms with Crippen LogP contribution in [-0.4, -0.2) is 23.8 Å². The van der Waals surface area contributed by atoms with E-state index in [9.17, 15) is 10.1 Å². The van der Waals surface area contributed by atoms with E-state index in [1.165, 1.54) is 4.90 Å². The van der Waals surface area contributed by atoms with Crippen molar-refractivity contribution in [3.05, 3.63) is 45.1 Å². The molecule has 5 nitrogen and oxygen atoms in total. The summed E-state index contributed by atoms with van der Waals surface area (Å²) in [5, 5.41) is 23.2. The number of nitrogens with zero attached hydrogens (tertiary/aromatic N) is 2. The van der Waals surface area contributed by atoms with Gasteiger partial charge in [-0.3, -0.25) is 15.1 Å². The van der Waals surface area contributed by atoms with Crippen LogP contribution in [0.1, 0.15) is 30.2 Å². The van der Waals surface area contributed by atoms with Crippen molar-refractivity contribution in [2.24, 2.45) is 11.8 Å². The minimum absolute atomic E-state index is 0.00761. The third-order valence-electron chi connectivity index (χ3n) is 5.50. The Kier molecular flexibility index (Phi) is 4.25. The molecule has 2 aromatic rings. The average Bonchev–Trinajstić information content (AvgIpc) is 3.32. The van der Waals surface area contributed by atoms with Gasteiger partial charge in [-0.2, -0.15) is 5.26 Å². The second-order valence-corrected chi connectivity index (χ2v) is 8.78. The van der Waals surface area contributed by atoms with Crippen LogP contribution in [0.3, 0.4) is 0 Å². The Morgan fingerprint density at radius 2 is 2.07 bits per heavy atom. The zero-order valence-corrected chi connectivity index (χ0v) is 16.6. The number of nitriles is 1. The first-order valence-corrected chi connectivity index (χ1v) is 10.0. The van der Waals surface area contributed by atoms with Gasteiger partial charge in [0.05, 0.1) is 23.1 Å². The number of thiophene rings is 1. The predicted molar refractivity (Wildman–Crippen MR) is 107 cm³/mol. The smallest absolute Gasteiger partial charge is 0.235 e. The maximum atomic E-state index is 12.9. The summed E-state index contributed by atoms with van der Waals surface area (Å²) in [5.74, 6) is 0.307. The van der Waals surface area contributed by atoms with Crippen molar-refractivity contribution in [1.29, 1.82) is 10.7 Å². The number of nitrogens with one attached hydrogen (secondary N) is 2. The number of guanidine groups is 1. The highest BCUT2D eigenvalue weighted by molar-refractivity contribution is 7.10. The molecule has 1 aliphatic heterocycles. The van der Waals surface area contributed by atoms with E-state index in [0.717, 1.165) is 28.8 Å². The van der Waals surface area contributed by atoms with Crippen molar-refractivity contribution < 1.29 is 4.79 Å². The van der Waals surface area contributed by atoms with Crippen molar-refractivity contribution >= 4 is 34.8 Å². The van der Waals surface area contributed by atoms with Crippen LogP contribution < -0.4 is 5.32 Å². The van der Waals surface area contributed by atoms with Crippen LogP contribution in [0.25, 0.3) is 11.1 Å². The van der Waals surface area contributed by atoms with E-state index in [1.807, 2.05) is 30.5 Å². The highest BCUT2D eigenvalue weighted by atomic mass is 35.5. The summed E-state index contributed by atoms with van der Waals surface area (Å²) in [6.45, 7) is 2.02. The predicted octanol–water partition coefficient (Wildman–Crippen LogP) is 4.18. The molecular formula is C20H19ClN4OS. The zero-order chi connectivity index (χ0) is 19.3. The molecule has 1 aliphatic carbocycles. The molecule has 138 valence electrons. The standard InChI is InChI=1S/C20H19ClN4OS/c1-20(17(12-3-4-12)18(26)25(2)19(23)24-20)16-8-14(10-27-16)13-5-11(9-22)6-15(21)7-13/h5-8,10,12,17H,3-4H2,1-2H3,(H2,23,24)/t17-,20-/m1/s1. The van der Waals surface area contributed by atoms with Gasteiger partial charge < -0.3 is 5.32 Å². The summed E-state index contributed by atoms with van der Waals surface area (Å²) in [7, 11) is 1.65. The van der Waals surface area contributed by atoms with Gasteiger partial charge in [0.2, 0.25) is 5.91 Å². The number of benzene rings is 1. The fraction of sp³-hybridized carbons (Fsp3) is 0.350. The normalized spacial score (nSPS) is 25.3. The van der Waals surface area contributed by atoms with E-state index >= 15 is 0 Å². The van der Waals surface area contributed by atoms with Gasteiger partial charge in [-0.1, -0.05) is 11.6 Å². The van der Waals surface area contributed by atoms with Crippen molar-refractivity contribution in [2.75, 3.05) is 7.05 Å². The van der Waals surface area contributed by atoms with Crippen LogP contribution in [-0.2, 0) is 10.3 Å². The summed E-state index contributed by atoms with van der Waals surface area (Å²) in [6, 6.07) is 9.47. The number of amides is 1. The van der Waals surface area contributed by atoms with E-state index in [2.05, 4.69) is 11.4 Å². The minimum Gasteiger partial charge on any atom is -0.345 e. The Hall–Kier alpha value is -2.36. The minimum atomic E-state index is -0.610. The largest absolute Gasteiger partial charge is 0.345 e. The Morgan fingerprint density at radius 1 is 1.33 bits per heavy atom. The van der Waals surface area contributed by atoms with Crippen LogP contribution in [0.2, 0.25) is 5.02 Å². The van der Waals surface area contributed by atoms with E-state index in [-0.39, 0.29) is 17.8 Å². The molecule has 0 unspecified atom stereocenters. The molecule has 0 spiro atoms. The van der Waals surface area contributed by atoms with Crippen LogP contribution >= 0.6 is 22.9 Å². The number of carbonyl (C=O) groups is 1. The first-order chi connectivity index (χ1) is 12.8. The fourth-order valence-electron chi connectivity index (χ4n) is 3.87. The molecule has 0 bridgehead atoms. The van der Waals surface area contributed by atoms with Gasteiger partial charge in [-0.15, -0.1) is 11.3 Å². The summed E-state index contributed by atoms with van der Waals surface area (Å²) >= 11 is 7.72. The van der Waals surface area contributed by atoms with Gasteiger partial charge in [-0.05, 0) is 66.5 Å². The summed E-state index contributed by atoms with van der Waals surface area (Å²) in [5.41, 5.74) is 1.75. The Labute approximate surface area is 167 Å². The molecule has 2 atom stereocenters. The molecule has 2 aliphatic rings. The first kappa shape index (κ1) is 18.0. The molecule has 2 N–H and O–H groups in total. The molecule has 27 heavy (non-hydrogen) atoms. The highest BCUT2D eigenvalue weighted by Crippen LogP contribution is 2.50. The van der Waals surface area contributed by atoms with Gasteiger partial charge >= 0.3 is 0 Å². The van der Waals surface area contributed by atoms with E-state index < -0.39 is 5.54 Å². The lowest BCUT2D eigenvalue weighted by Crippen LogP contribution is -2.64. The van der Waals surface area contributed by atoms with Crippen LogP contribution in [0.15, 0.2) is 29.6 Å². The van der Waals surface area contributed by atoms with E-state index in [0.29, 0.717) is 16.5 Å². The SMILES string of the molecule is CN1C(=N)N[C@](C)(c2cc(-c3cc(Cl)cc(C#N)c3)cs2)[C@H](C2CC2)C1=O. The number of carbonyl (C=O) groups excluding carboxylic acids is 1. The second-order valence-electron chi connectivity index (χ2n) is 7.43. The van der Waals surface area contributed by atoms with Gasteiger partial charge in [0, 0.05) is 16.9 Å². The van der Waals surface area contributed by atoms with Crippen molar-refractivity contribution in [2.45, 2.75) is 25.3 Å². The maximum Gasteiger partial charge on any atom is 0.235 e. The average molecular weight is 399 g/mol. The Balaban J connectivity index is 1.75. The van der Waals surface area contributed by atoms with Crippen molar-refractivity contribution in [1.82, 2.24) is 10.2 Å². The van der Waals surface area contributed by atoms with Crippen molar-refractivity contribution in [3.63, 3.8) is 0 Å². The molecule has 1 aromatic carbocycles. The lowest BCUT2D eigenvalue weighted by molar-refractivity contribution is -0.136. The molecule has 7 heteroatoms. The highest BCUT2D eigenvalue weighted by Gasteiger charge is 2.54. The summed E-state index contributed by atoms with van der Waals surface area (Å²) in [4.78, 5) is 15.3. The zero-order valence-electron chi connectivity index (χ0n) is 15.0. The number of halogens is 1. The van der Waals surface area contributed by atoms with E-state index in [4.69, 9.17) is 17.0 Å². The number of hydrogen-bond donors (Lipinski definition) is 2. The third-order valence-corrected chi connectivity index (χ3v) is 6.88. The van der Waals surface area contributed by atoms with Crippen LogP contribution in [0.4, 0.5) is 0 Å². The fourth-order valence-corrected chi connectivity index (χ4v) is 5.18. The summed E-state index contributed by atoms with van der Waals surface area (Å²) in [6.07, 6.45) is 2.10. The maximum absolute atomic E-state index is 12.9. The van der Waals surface area contributed by atoms with E-state index in [1.54, 1.807) is 24.5 Å². The first-order valence-electron chi connectivity index (χ1n) is 8.78. The molecule has 1 saturated heterocycles. The molecule has 4 rings (SSSR count).